The molecule has 2 aromatic rings. The van der Waals surface area contributed by atoms with Crippen molar-refractivity contribution in [2.75, 3.05) is 0 Å². The minimum atomic E-state index is 0.632. The molecule has 0 unspecified atom stereocenters. The molecule has 0 aliphatic rings. The highest BCUT2D eigenvalue weighted by Crippen LogP contribution is 2.27. The van der Waals surface area contributed by atoms with Gasteiger partial charge in [-0.2, -0.15) is 0 Å². The summed E-state index contributed by atoms with van der Waals surface area (Å²) in [4.78, 5) is 0. The molecule has 94 valence electrons. The van der Waals surface area contributed by atoms with Crippen LogP contribution in [0.15, 0.2) is 48.5 Å². The Morgan fingerprint density at radius 2 is 1.61 bits per heavy atom. The monoisotopic (exact) mass is 240 g/mol. The van der Waals surface area contributed by atoms with Crippen molar-refractivity contribution in [3.63, 3.8) is 0 Å². The summed E-state index contributed by atoms with van der Waals surface area (Å²) >= 11 is 0. The zero-order valence-electron chi connectivity index (χ0n) is 11.3. The fourth-order valence-electron chi connectivity index (χ4n) is 1.95. The second-order valence-electron chi connectivity index (χ2n) is 5.12. The van der Waals surface area contributed by atoms with E-state index in [0.717, 1.165) is 17.9 Å². The molecule has 1 heteroatoms. The lowest BCUT2D eigenvalue weighted by Crippen LogP contribution is -1.97. The molecule has 0 aliphatic carbocycles. The van der Waals surface area contributed by atoms with Crippen LogP contribution in [0.25, 0.3) is 0 Å². The van der Waals surface area contributed by atoms with Gasteiger partial charge in [0.25, 0.3) is 0 Å². The minimum absolute atomic E-state index is 0.632. The van der Waals surface area contributed by atoms with Crippen molar-refractivity contribution in [1.82, 2.24) is 0 Å². The normalized spacial score (nSPS) is 10.7. The third-order valence-electron chi connectivity index (χ3n) is 2.85. The van der Waals surface area contributed by atoms with Gasteiger partial charge in [-0.3, -0.25) is 0 Å². The summed E-state index contributed by atoms with van der Waals surface area (Å²) in [6.45, 7) is 6.53. The van der Waals surface area contributed by atoms with Crippen molar-refractivity contribution >= 4 is 0 Å². The largest absolute Gasteiger partial charge is 0.457 e. The average molecular weight is 240 g/mol. The Hall–Kier alpha value is -1.76. The number of ether oxygens (including phenoxy) is 1. The third kappa shape index (κ3) is 3.36. The summed E-state index contributed by atoms with van der Waals surface area (Å²) in [6.07, 6.45) is 1.04. The summed E-state index contributed by atoms with van der Waals surface area (Å²) in [7, 11) is 0. The van der Waals surface area contributed by atoms with Crippen LogP contribution in [-0.2, 0) is 6.42 Å². The summed E-state index contributed by atoms with van der Waals surface area (Å²) in [5, 5.41) is 0. The van der Waals surface area contributed by atoms with Gasteiger partial charge < -0.3 is 4.74 Å². The quantitative estimate of drug-likeness (QED) is 0.732. The van der Waals surface area contributed by atoms with Crippen LogP contribution in [0.3, 0.4) is 0 Å². The SMILES string of the molecule is Cc1ccc(Oc2ccccc2CC(C)C)cc1. The third-order valence-corrected chi connectivity index (χ3v) is 2.85. The van der Waals surface area contributed by atoms with Crippen LogP contribution in [-0.4, -0.2) is 0 Å². The van der Waals surface area contributed by atoms with Crippen molar-refractivity contribution in [1.29, 1.82) is 0 Å². The average Bonchev–Trinajstić information content (AvgIpc) is 2.34. The lowest BCUT2D eigenvalue weighted by Gasteiger charge is -2.12. The van der Waals surface area contributed by atoms with Crippen molar-refractivity contribution in [3.05, 3.63) is 59.7 Å². The van der Waals surface area contributed by atoms with Crippen molar-refractivity contribution in [2.45, 2.75) is 27.2 Å². The second-order valence-corrected chi connectivity index (χ2v) is 5.12. The maximum atomic E-state index is 5.97. The Morgan fingerprint density at radius 3 is 2.28 bits per heavy atom. The summed E-state index contributed by atoms with van der Waals surface area (Å²) in [5.74, 6) is 2.50. The number of para-hydroxylation sites is 1. The standard InChI is InChI=1S/C17H20O/c1-13(2)12-15-6-4-5-7-17(15)18-16-10-8-14(3)9-11-16/h4-11,13H,12H2,1-3H3. The first-order chi connectivity index (χ1) is 8.65. The van der Waals surface area contributed by atoms with Crippen LogP contribution >= 0.6 is 0 Å². The Bertz CT molecular complexity index is 497. The van der Waals surface area contributed by atoms with Crippen LogP contribution in [0, 0.1) is 12.8 Å². The Balaban J connectivity index is 2.20. The predicted octanol–water partition coefficient (Wildman–Crippen LogP) is 4.99. The Labute approximate surface area is 109 Å². The first kappa shape index (κ1) is 12.7. The smallest absolute Gasteiger partial charge is 0.130 e. The molecule has 0 N–H and O–H groups in total. The molecule has 0 bridgehead atoms. The van der Waals surface area contributed by atoms with E-state index in [2.05, 4.69) is 45.0 Å². The highest BCUT2D eigenvalue weighted by Gasteiger charge is 2.06. The van der Waals surface area contributed by atoms with Gasteiger partial charge in [0, 0.05) is 0 Å². The van der Waals surface area contributed by atoms with Crippen molar-refractivity contribution in [3.8, 4) is 11.5 Å². The molecule has 0 radical (unpaired) electrons. The molecule has 1 nitrogen and oxygen atoms in total. The summed E-state index contributed by atoms with van der Waals surface area (Å²) in [5.41, 5.74) is 2.52. The first-order valence-corrected chi connectivity index (χ1v) is 6.47. The van der Waals surface area contributed by atoms with E-state index < -0.39 is 0 Å². The van der Waals surface area contributed by atoms with E-state index in [4.69, 9.17) is 4.74 Å². The number of benzene rings is 2. The zero-order valence-corrected chi connectivity index (χ0v) is 11.3. The van der Waals surface area contributed by atoms with E-state index in [1.165, 1.54) is 11.1 Å². The molecule has 0 amide bonds. The number of rotatable bonds is 4. The van der Waals surface area contributed by atoms with Crippen LogP contribution < -0.4 is 4.74 Å². The van der Waals surface area contributed by atoms with Gasteiger partial charge in [0.2, 0.25) is 0 Å². The summed E-state index contributed by atoms with van der Waals surface area (Å²) < 4.78 is 5.97. The first-order valence-electron chi connectivity index (χ1n) is 6.47. The lowest BCUT2D eigenvalue weighted by atomic mass is 10.0. The molecule has 0 saturated heterocycles. The Kier molecular flexibility index (Phi) is 4.03. The van der Waals surface area contributed by atoms with E-state index in [-0.39, 0.29) is 0 Å². The number of aryl methyl sites for hydroxylation is 1. The van der Waals surface area contributed by atoms with E-state index in [1.54, 1.807) is 0 Å². The predicted molar refractivity (Wildman–Crippen MR) is 76.2 cm³/mol. The summed E-state index contributed by atoms with van der Waals surface area (Å²) in [6, 6.07) is 16.4. The molecule has 0 fully saturated rings. The van der Waals surface area contributed by atoms with Crippen LogP contribution in [0.4, 0.5) is 0 Å². The van der Waals surface area contributed by atoms with Gasteiger partial charge in [-0.15, -0.1) is 0 Å². The van der Waals surface area contributed by atoms with Crippen LogP contribution in [0.2, 0.25) is 0 Å². The van der Waals surface area contributed by atoms with Gasteiger partial charge in [0.05, 0.1) is 0 Å². The Morgan fingerprint density at radius 1 is 0.944 bits per heavy atom. The van der Waals surface area contributed by atoms with Crippen molar-refractivity contribution in [2.24, 2.45) is 5.92 Å². The van der Waals surface area contributed by atoms with Gasteiger partial charge in [0.15, 0.2) is 0 Å². The van der Waals surface area contributed by atoms with Crippen LogP contribution in [0.5, 0.6) is 11.5 Å². The molecule has 0 aliphatic heterocycles. The number of hydrogen-bond donors (Lipinski definition) is 0. The fourth-order valence-corrected chi connectivity index (χ4v) is 1.95. The maximum absolute atomic E-state index is 5.97. The topological polar surface area (TPSA) is 9.23 Å². The molecule has 0 saturated carbocycles. The second kappa shape index (κ2) is 5.72. The van der Waals surface area contributed by atoms with E-state index in [0.29, 0.717) is 5.92 Å². The van der Waals surface area contributed by atoms with E-state index in [9.17, 15) is 0 Å². The highest BCUT2D eigenvalue weighted by atomic mass is 16.5. The molecule has 2 rings (SSSR count). The molecule has 18 heavy (non-hydrogen) atoms. The molecule has 0 atom stereocenters. The molecule has 0 heterocycles. The van der Waals surface area contributed by atoms with Gasteiger partial charge in [0.1, 0.15) is 11.5 Å². The van der Waals surface area contributed by atoms with E-state index in [1.807, 2.05) is 24.3 Å². The highest BCUT2D eigenvalue weighted by molar-refractivity contribution is 5.38. The van der Waals surface area contributed by atoms with Gasteiger partial charge >= 0.3 is 0 Å². The van der Waals surface area contributed by atoms with Crippen LogP contribution in [0.1, 0.15) is 25.0 Å². The zero-order chi connectivity index (χ0) is 13.0. The van der Waals surface area contributed by atoms with Crippen molar-refractivity contribution < 1.29 is 4.74 Å². The molecular formula is C17H20O. The molecule has 0 aromatic heterocycles. The molecule has 0 spiro atoms. The fraction of sp³-hybridized carbons (Fsp3) is 0.294. The lowest BCUT2D eigenvalue weighted by molar-refractivity contribution is 0.470. The minimum Gasteiger partial charge on any atom is -0.457 e. The molecule has 2 aromatic carbocycles. The van der Waals surface area contributed by atoms with Gasteiger partial charge in [-0.05, 0) is 43.0 Å². The number of hydrogen-bond acceptors (Lipinski definition) is 1. The van der Waals surface area contributed by atoms with Gasteiger partial charge in [-0.1, -0.05) is 49.7 Å². The van der Waals surface area contributed by atoms with E-state index >= 15 is 0 Å². The van der Waals surface area contributed by atoms with Gasteiger partial charge in [-0.25, -0.2) is 0 Å². The maximum Gasteiger partial charge on any atom is 0.130 e. The molecular weight excluding hydrogens is 220 g/mol.